The topological polar surface area (TPSA) is 59.6 Å². The number of nitriles is 2. The van der Waals surface area contributed by atoms with Crippen LogP contribution in [-0.4, -0.2) is 6.04 Å². The maximum absolute atomic E-state index is 9.11. The molecule has 1 fully saturated rings. The van der Waals surface area contributed by atoms with Crippen LogP contribution < -0.4 is 5.32 Å². The first-order valence-corrected chi connectivity index (χ1v) is 6.45. The Morgan fingerprint density at radius 2 is 2.06 bits per heavy atom. The molecule has 0 amide bonds. The van der Waals surface area contributed by atoms with E-state index in [1.807, 2.05) is 24.3 Å². The van der Waals surface area contributed by atoms with Crippen molar-refractivity contribution in [1.29, 1.82) is 10.5 Å². The summed E-state index contributed by atoms with van der Waals surface area (Å²) in [6, 6.07) is 12.5. The van der Waals surface area contributed by atoms with Crippen molar-refractivity contribution in [3.63, 3.8) is 0 Å². The van der Waals surface area contributed by atoms with E-state index in [2.05, 4.69) is 17.5 Å². The van der Waals surface area contributed by atoms with Crippen molar-refractivity contribution in [2.75, 3.05) is 0 Å². The van der Waals surface area contributed by atoms with Gasteiger partial charge in [-0.1, -0.05) is 25.0 Å². The van der Waals surface area contributed by atoms with Crippen LogP contribution in [0, 0.1) is 28.6 Å². The predicted molar refractivity (Wildman–Crippen MR) is 69.4 cm³/mol. The van der Waals surface area contributed by atoms with Crippen molar-refractivity contribution in [2.24, 2.45) is 5.92 Å². The molecule has 0 aromatic heterocycles. The summed E-state index contributed by atoms with van der Waals surface area (Å²) >= 11 is 0. The molecule has 0 radical (unpaired) electrons. The molecule has 2 unspecified atom stereocenters. The first-order valence-electron chi connectivity index (χ1n) is 6.45. The Kier molecular flexibility index (Phi) is 4.34. The molecule has 0 heterocycles. The number of rotatable bonds is 3. The van der Waals surface area contributed by atoms with Crippen LogP contribution in [0.5, 0.6) is 0 Å². The lowest BCUT2D eigenvalue weighted by molar-refractivity contribution is 0.311. The van der Waals surface area contributed by atoms with Crippen LogP contribution in [0.4, 0.5) is 0 Å². The number of hydrogen-bond acceptors (Lipinski definition) is 3. The molecule has 0 saturated heterocycles. The minimum Gasteiger partial charge on any atom is -0.309 e. The summed E-state index contributed by atoms with van der Waals surface area (Å²) in [5.74, 6) is 0.137. The quantitative estimate of drug-likeness (QED) is 0.882. The van der Waals surface area contributed by atoms with E-state index in [4.69, 9.17) is 10.5 Å². The van der Waals surface area contributed by atoms with Crippen molar-refractivity contribution < 1.29 is 0 Å². The maximum atomic E-state index is 9.11. The van der Waals surface area contributed by atoms with Crippen molar-refractivity contribution >= 4 is 0 Å². The van der Waals surface area contributed by atoms with Crippen LogP contribution >= 0.6 is 0 Å². The molecule has 1 aliphatic rings. The molecule has 92 valence electrons. The lowest BCUT2D eigenvalue weighted by Crippen LogP contribution is -2.37. The number of benzene rings is 1. The van der Waals surface area contributed by atoms with Crippen LogP contribution in [0.15, 0.2) is 24.3 Å². The van der Waals surface area contributed by atoms with Gasteiger partial charge in [-0.2, -0.15) is 10.5 Å². The third-order valence-corrected chi connectivity index (χ3v) is 3.56. The van der Waals surface area contributed by atoms with E-state index in [-0.39, 0.29) is 5.92 Å². The van der Waals surface area contributed by atoms with Crippen LogP contribution in [-0.2, 0) is 6.54 Å². The zero-order chi connectivity index (χ0) is 12.8. The van der Waals surface area contributed by atoms with Crippen LogP contribution in [0.25, 0.3) is 0 Å². The highest BCUT2D eigenvalue weighted by Gasteiger charge is 2.24. The highest BCUT2D eigenvalue weighted by atomic mass is 14.9. The van der Waals surface area contributed by atoms with Crippen molar-refractivity contribution in [3.05, 3.63) is 35.4 Å². The van der Waals surface area contributed by atoms with Crippen molar-refractivity contribution in [2.45, 2.75) is 38.3 Å². The van der Waals surface area contributed by atoms with Crippen LogP contribution in [0.2, 0.25) is 0 Å². The summed E-state index contributed by atoms with van der Waals surface area (Å²) in [7, 11) is 0. The van der Waals surface area contributed by atoms with E-state index in [0.29, 0.717) is 11.6 Å². The Morgan fingerprint density at radius 1 is 1.22 bits per heavy atom. The molecule has 18 heavy (non-hydrogen) atoms. The minimum atomic E-state index is 0.137. The van der Waals surface area contributed by atoms with E-state index in [0.717, 1.165) is 24.9 Å². The van der Waals surface area contributed by atoms with Gasteiger partial charge in [0.15, 0.2) is 0 Å². The molecular formula is C15H17N3. The van der Waals surface area contributed by atoms with Gasteiger partial charge in [0.25, 0.3) is 0 Å². The SMILES string of the molecule is N#Cc1cccc(CNC2CCCCC2C#N)c1. The monoisotopic (exact) mass is 239 g/mol. The van der Waals surface area contributed by atoms with E-state index in [9.17, 15) is 0 Å². The zero-order valence-corrected chi connectivity index (χ0v) is 10.4. The highest BCUT2D eigenvalue weighted by molar-refractivity contribution is 5.32. The van der Waals surface area contributed by atoms with E-state index in [1.165, 1.54) is 12.8 Å². The normalized spacial score (nSPS) is 23.0. The summed E-state index contributed by atoms with van der Waals surface area (Å²) in [5, 5.41) is 21.4. The number of nitrogens with zero attached hydrogens (tertiary/aromatic N) is 2. The van der Waals surface area contributed by atoms with Crippen LogP contribution in [0.3, 0.4) is 0 Å². The second-order valence-electron chi connectivity index (χ2n) is 4.82. The molecule has 0 spiro atoms. The van der Waals surface area contributed by atoms with Gasteiger partial charge in [0.1, 0.15) is 0 Å². The summed E-state index contributed by atoms with van der Waals surface area (Å²) in [6.07, 6.45) is 4.46. The fourth-order valence-corrected chi connectivity index (χ4v) is 2.53. The molecule has 3 heteroatoms. The fourth-order valence-electron chi connectivity index (χ4n) is 2.53. The van der Waals surface area contributed by atoms with Gasteiger partial charge in [-0.3, -0.25) is 0 Å². The summed E-state index contributed by atoms with van der Waals surface area (Å²) in [5.41, 5.74) is 1.80. The van der Waals surface area contributed by atoms with Crippen molar-refractivity contribution in [3.8, 4) is 12.1 Å². The third-order valence-electron chi connectivity index (χ3n) is 3.56. The Bertz CT molecular complexity index is 481. The second-order valence-corrected chi connectivity index (χ2v) is 4.82. The molecular weight excluding hydrogens is 222 g/mol. The molecule has 3 nitrogen and oxygen atoms in total. The minimum absolute atomic E-state index is 0.137. The maximum Gasteiger partial charge on any atom is 0.0991 e. The molecule has 1 aromatic rings. The molecule has 1 saturated carbocycles. The van der Waals surface area contributed by atoms with E-state index in [1.54, 1.807) is 0 Å². The van der Waals surface area contributed by atoms with Crippen LogP contribution in [0.1, 0.15) is 36.8 Å². The third kappa shape index (κ3) is 3.09. The average Bonchev–Trinajstić information content (AvgIpc) is 2.45. The molecule has 1 aliphatic carbocycles. The number of hydrogen-bond donors (Lipinski definition) is 1. The fraction of sp³-hybridized carbons (Fsp3) is 0.467. The van der Waals surface area contributed by atoms with Gasteiger partial charge in [0.05, 0.1) is 23.6 Å². The summed E-state index contributed by atoms with van der Waals surface area (Å²) < 4.78 is 0. The van der Waals surface area contributed by atoms with E-state index < -0.39 is 0 Å². The van der Waals surface area contributed by atoms with Gasteiger partial charge in [0, 0.05) is 12.6 Å². The molecule has 0 aliphatic heterocycles. The Morgan fingerprint density at radius 3 is 2.83 bits per heavy atom. The summed E-state index contributed by atoms with van der Waals surface area (Å²) in [6.45, 7) is 0.734. The molecule has 1 N–H and O–H groups in total. The zero-order valence-electron chi connectivity index (χ0n) is 10.4. The molecule has 1 aromatic carbocycles. The van der Waals surface area contributed by atoms with E-state index >= 15 is 0 Å². The molecule has 2 atom stereocenters. The molecule has 2 rings (SSSR count). The van der Waals surface area contributed by atoms with Gasteiger partial charge in [-0.25, -0.2) is 0 Å². The summed E-state index contributed by atoms with van der Waals surface area (Å²) in [4.78, 5) is 0. The first-order chi connectivity index (χ1) is 8.83. The Hall–Kier alpha value is -1.84. The average molecular weight is 239 g/mol. The smallest absolute Gasteiger partial charge is 0.0991 e. The Balaban J connectivity index is 1.94. The van der Waals surface area contributed by atoms with Gasteiger partial charge < -0.3 is 5.32 Å². The predicted octanol–water partition coefficient (Wildman–Crippen LogP) is 2.73. The second kappa shape index (κ2) is 6.19. The highest BCUT2D eigenvalue weighted by Crippen LogP contribution is 2.24. The van der Waals surface area contributed by atoms with Gasteiger partial charge in [0.2, 0.25) is 0 Å². The van der Waals surface area contributed by atoms with Crippen molar-refractivity contribution in [1.82, 2.24) is 5.32 Å². The largest absolute Gasteiger partial charge is 0.309 e. The lowest BCUT2D eigenvalue weighted by atomic mass is 9.85. The van der Waals surface area contributed by atoms with Gasteiger partial charge in [-0.15, -0.1) is 0 Å². The Labute approximate surface area is 108 Å². The van der Waals surface area contributed by atoms with Gasteiger partial charge in [-0.05, 0) is 30.5 Å². The number of nitrogens with one attached hydrogen (secondary N) is 1. The molecule has 0 bridgehead atoms. The van der Waals surface area contributed by atoms with Gasteiger partial charge >= 0.3 is 0 Å². The standard InChI is InChI=1S/C15H17N3/c16-9-12-4-3-5-13(8-12)11-18-15-7-2-1-6-14(15)10-17/h3-5,8,14-15,18H,1-2,6-7,11H2. The lowest BCUT2D eigenvalue weighted by Gasteiger charge is -2.27. The first kappa shape index (κ1) is 12.6.